The summed E-state index contributed by atoms with van der Waals surface area (Å²) in [5, 5.41) is 2.88. The summed E-state index contributed by atoms with van der Waals surface area (Å²) in [6.07, 6.45) is 1.84. The van der Waals surface area contributed by atoms with Crippen LogP contribution in [-0.2, 0) is 11.2 Å². The number of benzene rings is 2. The second-order valence-electron chi connectivity index (χ2n) is 6.78. The van der Waals surface area contributed by atoms with Gasteiger partial charge in [-0.3, -0.25) is 4.79 Å². The molecule has 4 rings (SSSR count). The van der Waals surface area contributed by atoms with Crippen LogP contribution >= 0.6 is 0 Å². The van der Waals surface area contributed by atoms with Crippen LogP contribution in [0.4, 0.5) is 17.3 Å². The Morgan fingerprint density at radius 3 is 2.21 bits per heavy atom. The zero-order valence-electron chi connectivity index (χ0n) is 15.7. The van der Waals surface area contributed by atoms with E-state index in [0.717, 1.165) is 37.6 Å². The molecule has 1 N–H and O–H groups in total. The van der Waals surface area contributed by atoms with Crippen molar-refractivity contribution in [3.63, 3.8) is 0 Å². The number of hydrogen-bond donors (Lipinski definition) is 1. The van der Waals surface area contributed by atoms with Crippen LogP contribution in [0.15, 0.2) is 73.1 Å². The average molecular weight is 373 g/mol. The third-order valence-corrected chi connectivity index (χ3v) is 4.85. The summed E-state index contributed by atoms with van der Waals surface area (Å²) in [4.78, 5) is 25.5. The summed E-state index contributed by atoms with van der Waals surface area (Å²) in [6, 6.07) is 22.0. The molecule has 0 bridgehead atoms. The van der Waals surface area contributed by atoms with E-state index in [4.69, 9.17) is 0 Å². The van der Waals surface area contributed by atoms with E-state index in [1.165, 1.54) is 12.0 Å². The Bertz CT molecular complexity index is 908. The molecule has 2 aromatic carbocycles. The maximum absolute atomic E-state index is 12.3. The predicted octanol–water partition coefficient (Wildman–Crippen LogP) is 2.98. The topological polar surface area (TPSA) is 61.4 Å². The first-order valence-electron chi connectivity index (χ1n) is 9.49. The lowest BCUT2D eigenvalue weighted by Gasteiger charge is -2.36. The smallest absolute Gasteiger partial charge is 0.229 e. The molecule has 0 atom stereocenters. The molecule has 1 saturated heterocycles. The third kappa shape index (κ3) is 4.46. The number of carbonyl (C=O) groups is 1. The van der Waals surface area contributed by atoms with Crippen molar-refractivity contribution in [3.8, 4) is 0 Å². The maximum atomic E-state index is 12.3. The molecule has 0 spiro atoms. The molecule has 1 aliphatic rings. The minimum absolute atomic E-state index is 0.0789. The van der Waals surface area contributed by atoms with Gasteiger partial charge in [-0.15, -0.1) is 0 Å². The van der Waals surface area contributed by atoms with E-state index >= 15 is 0 Å². The maximum Gasteiger partial charge on any atom is 0.229 e. The van der Waals surface area contributed by atoms with Gasteiger partial charge in [0, 0.05) is 37.9 Å². The fourth-order valence-electron chi connectivity index (χ4n) is 3.39. The molecule has 1 amide bonds. The van der Waals surface area contributed by atoms with Gasteiger partial charge in [0.05, 0.1) is 6.42 Å². The van der Waals surface area contributed by atoms with Crippen LogP contribution in [0.25, 0.3) is 0 Å². The lowest BCUT2D eigenvalue weighted by atomic mass is 10.1. The van der Waals surface area contributed by atoms with Crippen molar-refractivity contribution in [1.82, 2.24) is 9.97 Å². The normalized spacial score (nSPS) is 14.0. The summed E-state index contributed by atoms with van der Waals surface area (Å²) >= 11 is 0. The molecule has 6 heteroatoms. The molecule has 0 saturated carbocycles. The lowest BCUT2D eigenvalue weighted by molar-refractivity contribution is -0.115. The van der Waals surface area contributed by atoms with Crippen LogP contribution in [0.3, 0.4) is 0 Å². The van der Waals surface area contributed by atoms with Gasteiger partial charge in [0.25, 0.3) is 0 Å². The molecule has 2 heterocycles. The lowest BCUT2D eigenvalue weighted by Crippen LogP contribution is -2.46. The van der Waals surface area contributed by atoms with E-state index in [1.54, 1.807) is 0 Å². The zero-order chi connectivity index (χ0) is 19.2. The van der Waals surface area contributed by atoms with Crippen LogP contribution in [0, 0.1) is 0 Å². The number of nitrogens with zero attached hydrogens (tertiary/aromatic N) is 4. The predicted molar refractivity (Wildman–Crippen MR) is 112 cm³/mol. The summed E-state index contributed by atoms with van der Waals surface area (Å²) in [7, 11) is 0. The molecule has 142 valence electrons. The molecule has 0 aliphatic carbocycles. The molecule has 0 unspecified atom stereocenters. The molecular formula is C22H23N5O. The molecule has 1 aromatic heterocycles. The molecule has 1 fully saturated rings. The minimum atomic E-state index is -0.0789. The van der Waals surface area contributed by atoms with Gasteiger partial charge in [-0.25, -0.2) is 9.97 Å². The second-order valence-corrected chi connectivity index (χ2v) is 6.78. The first-order chi connectivity index (χ1) is 13.8. The van der Waals surface area contributed by atoms with E-state index in [0.29, 0.717) is 12.2 Å². The number of para-hydroxylation sites is 1. The molecular weight excluding hydrogens is 350 g/mol. The van der Waals surface area contributed by atoms with Crippen molar-refractivity contribution in [3.05, 3.63) is 78.6 Å². The van der Waals surface area contributed by atoms with Gasteiger partial charge in [0.2, 0.25) is 5.91 Å². The highest BCUT2D eigenvalue weighted by atomic mass is 16.1. The van der Waals surface area contributed by atoms with Crippen molar-refractivity contribution < 1.29 is 4.79 Å². The van der Waals surface area contributed by atoms with E-state index in [1.807, 2.05) is 42.5 Å². The highest BCUT2D eigenvalue weighted by molar-refractivity contribution is 5.91. The van der Waals surface area contributed by atoms with Crippen LogP contribution in [-0.4, -0.2) is 42.1 Å². The Kier molecular flexibility index (Phi) is 5.47. The van der Waals surface area contributed by atoms with Crippen molar-refractivity contribution in [2.75, 3.05) is 41.3 Å². The van der Waals surface area contributed by atoms with Crippen LogP contribution in [0.5, 0.6) is 0 Å². The second kappa shape index (κ2) is 8.52. The number of hydrogen-bond acceptors (Lipinski definition) is 5. The van der Waals surface area contributed by atoms with E-state index < -0.39 is 0 Å². The van der Waals surface area contributed by atoms with Crippen LogP contribution in [0.2, 0.25) is 0 Å². The Hall–Kier alpha value is -3.41. The number of carbonyl (C=O) groups excluding carboxylic acids is 1. The third-order valence-electron chi connectivity index (χ3n) is 4.85. The Labute approximate surface area is 164 Å². The number of anilines is 3. The minimum Gasteiger partial charge on any atom is -0.368 e. The van der Waals surface area contributed by atoms with E-state index in [9.17, 15) is 4.79 Å². The van der Waals surface area contributed by atoms with Crippen molar-refractivity contribution in [2.45, 2.75) is 6.42 Å². The van der Waals surface area contributed by atoms with Crippen LogP contribution in [0.1, 0.15) is 5.56 Å². The number of nitrogens with one attached hydrogen (secondary N) is 1. The molecule has 28 heavy (non-hydrogen) atoms. The van der Waals surface area contributed by atoms with E-state index in [2.05, 4.69) is 49.4 Å². The van der Waals surface area contributed by atoms with Gasteiger partial charge in [-0.1, -0.05) is 48.5 Å². The first kappa shape index (κ1) is 18.0. The van der Waals surface area contributed by atoms with Crippen molar-refractivity contribution in [1.29, 1.82) is 0 Å². The fourth-order valence-corrected chi connectivity index (χ4v) is 3.39. The molecule has 3 aromatic rings. The summed E-state index contributed by atoms with van der Waals surface area (Å²) < 4.78 is 0. The highest BCUT2D eigenvalue weighted by Gasteiger charge is 2.19. The van der Waals surface area contributed by atoms with Crippen molar-refractivity contribution >= 4 is 23.2 Å². The molecule has 6 nitrogen and oxygen atoms in total. The largest absolute Gasteiger partial charge is 0.368 e. The number of piperazine rings is 1. The van der Waals surface area contributed by atoms with Crippen LogP contribution < -0.4 is 15.1 Å². The summed E-state index contributed by atoms with van der Waals surface area (Å²) in [5.41, 5.74) is 2.23. The summed E-state index contributed by atoms with van der Waals surface area (Å²) in [6.45, 7) is 3.63. The Morgan fingerprint density at radius 2 is 1.50 bits per heavy atom. The average Bonchev–Trinajstić information content (AvgIpc) is 2.75. The van der Waals surface area contributed by atoms with Gasteiger partial charge < -0.3 is 15.1 Å². The monoisotopic (exact) mass is 373 g/mol. The zero-order valence-corrected chi connectivity index (χ0v) is 15.7. The highest BCUT2D eigenvalue weighted by Crippen LogP contribution is 2.20. The number of amides is 1. The van der Waals surface area contributed by atoms with Gasteiger partial charge >= 0.3 is 0 Å². The Balaban J connectivity index is 1.36. The van der Waals surface area contributed by atoms with Crippen molar-refractivity contribution in [2.24, 2.45) is 0 Å². The number of rotatable bonds is 5. The van der Waals surface area contributed by atoms with Gasteiger partial charge in [-0.2, -0.15) is 0 Å². The number of aromatic nitrogens is 2. The van der Waals surface area contributed by atoms with Gasteiger partial charge in [0.1, 0.15) is 18.0 Å². The Morgan fingerprint density at radius 1 is 0.857 bits per heavy atom. The van der Waals surface area contributed by atoms with Gasteiger partial charge in [0.15, 0.2) is 0 Å². The fraction of sp³-hybridized carbons (Fsp3) is 0.227. The first-order valence-corrected chi connectivity index (χ1v) is 9.49. The molecule has 1 aliphatic heterocycles. The van der Waals surface area contributed by atoms with E-state index in [-0.39, 0.29) is 5.91 Å². The quantitative estimate of drug-likeness (QED) is 0.745. The van der Waals surface area contributed by atoms with Gasteiger partial charge in [-0.05, 0) is 17.7 Å². The SMILES string of the molecule is O=C(Cc1ccccc1)Nc1cc(N2CCN(c3ccccc3)CC2)ncn1. The summed E-state index contributed by atoms with van der Waals surface area (Å²) in [5.74, 6) is 1.30. The molecule has 0 radical (unpaired) electrons. The standard InChI is InChI=1S/C22H23N5O/c28-22(15-18-7-3-1-4-8-18)25-20-16-21(24-17-23-20)27-13-11-26(12-14-27)19-9-5-2-6-10-19/h1-10,16-17H,11-15H2,(H,23,24,25,28).